The lowest BCUT2D eigenvalue weighted by Crippen LogP contribution is -2.21. The van der Waals surface area contributed by atoms with E-state index in [2.05, 4.69) is 9.72 Å². The van der Waals surface area contributed by atoms with Crippen molar-refractivity contribution in [3.05, 3.63) is 62.4 Å². The first-order valence-electron chi connectivity index (χ1n) is 8.82. The van der Waals surface area contributed by atoms with E-state index in [-0.39, 0.29) is 16.3 Å². The molecule has 0 aliphatic rings. The Morgan fingerprint density at radius 1 is 1.30 bits per heavy atom. The third-order valence-electron chi connectivity index (χ3n) is 4.35. The predicted octanol–water partition coefficient (Wildman–Crippen LogP) is 5.14. The van der Waals surface area contributed by atoms with Gasteiger partial charge >= 0.3 is 6.36 Å². The second-order valence-electron chi connectivity index (χ2n) is 6.79. The number of nitrogens with zero attached hydrogens (tertiary/aromatic N) is 2. The zero-order valence-corrected chi connectivity index (χ0v) is 17.8. The summed E-state index contributed by atoms with van der Waals surface area (Å²) in [5.41, 5.74) is 2.01. The molecular formula is C20H18ClF3N2O3S. The monoisotopic (exact) mass is 458 g/mol. The normalized spacial score (nSPS) is 12.9. The van der Waals surface area contributed by atoms with Crippen LogP contribution in [0, 0.1) is 6.92 Å². The number of alkyl halides is 3. The summed E-state index contributed by atoms with van der Waals surface area (Å²) in [4.78, 5) is 17.3. The van der Waals surface area contributed by atoms with Gasteiger partial charge in [-0.25, -0.2) is 4.98 Å². The molecular weight excluding hydrogens is 441 g/mol. The number of benzene rings is 2. The van der Waals surface area contributed by atoms with E-state index in [1.54, 1.807) is 32.2 Å². The molecule has 1 atom stereocenters. The third kappa shape index (κ3) is 4.91. The van der Waals surface area contributed by atoms with Crippen LogP contribution in [0.1, 0.15) is 29.7 Å². The van der Waals surface area contributed by atoms with Gasteiger partial charge < -0.3 is 9.84 Å². The van der Waals surface area contributed by atoms with Gasteiger partial charge in [0.05, 0.1) is 22.0 Å². The Labute approximate surface area is 179 Å². The zero-order chi connectivity index (χ0) is 22.2. The van der Waals surface area contributed by atoms with Crippen LogP contribution in [0.25, 0.3) is 10.9 Å². The van der Waals surface area contributed by atoms with E-state index in [0.29, 0.717) is 27.2 Å². The molecule has 0 saturated heterocycles. The summed E-state index contributed by atoms with van der Waals surface area (Å²) >= 11 is 6.95. The maximum absolute atomic E-state index is 12.8. The number of aliphatic hydroxyl groups is 1. The van der Waals surface area contributed by atoms with Crippen LogP contribution in [0.4, 0.5) is 13.2 Å². The summed E-state index contributed by atoms with van der Waals surface area (Å²) in [5.74, 6) is -0.262. The summed E-state index contributed by atoms with van der Waals surface area (Å²) in [6.45, 7) is 3.42. The SMILES string of the molecule is Cc1cc(C(C)O)c2nc(SCc3ccc(Cl)c(OC(F)(F)F)c3)n(C)c(=O)c2c1. The number of fused-ring (bicyclic) bond motifs is 1. The summed E-state index contributed by atoms with van der Waals surface area (Å²) in [5, 5.41) is 10.7. The minimum absolute atomic E-state index is 0.158. The van der Waals surface area contributed by atoms with Gasteiger partial charge in [0, 0.05) is 18.4 Å². The fourth-order valence-electron chi connectivity index (χ4n) is 2.97. The fraction of sp³-hybridized carbons (Fsp3) is 0.300. The van der Waals surface area contributed by atoms with Crippen molar-refractivity contribution >= 4 is 34.3 Å². The Balaban J connectivity index is 1.96. The number of aryl methyl sites for hydroxylation is 1. The number of thioether (sulfide) groups is 1. The smallest absolute Gasteiger partial charge is 0.404 e. The average molecular weight is 459 g/mol. The summed E-state index contributed by atoms with van der Waals surface area (Å²) in [7, 11) is 1.57. The average Bonchev–Trinajstić information content (AvgIpc) is 2.64. The molecule has 5 nitrogen and oxygen atoms in total. The largest absolute Gasteiger partial charge is 0.573 e. The Bertz CT molecular complexity index is 1160. The highest BCUT2D eigenvalue weighted by molar-refractivity contribution is 7.98. The quantitative estimate of drug-likeness (QED) is 0.423. The molecule has 0 fully saturated rings. The standard InChI is InChI=1S/C20H18ClF3N2O3S/c1-10-6-13(11(2)27)17-14(7-10)18(28)26(3)19(25-17)30-9-12-4-5-15(21)16(8-12)29-20(22,23)24/h4-8,11,27H,9H2,1-3H3. The van der Waals surface area contributed by atoms with E-state index >= 15 is 0 Å². The van der Waals surface area contributed by atoms with Gasteiger partial charge in [-0.05, 0) is 43.2 Å². The Morgan fingerprint density at radius 3 is 2.63 bits per heavy atom. The molecule has 30 heavy (non-hydrogen) atoms. The number of hydrogen-bond acceptors (Lipinski definition) is 5. The van der Waals surface area contributed by atoms with Crippen LogP contribution >= 0.6 is 23.4 Å². The minimum atomic E-state index is -4.85. The summed E-state index contributed by atoms with van der Waals surface area (Å²) in [6, 6.07) is 7.58. The van der Waals surface area contributed by atoms with Gasteiger partial charge in [0.2, 0.25) is 0 Å². The van der Waals surface area contributed by atoms with Crippen molar-refractivity contribution in [2.24, 2.45) is 7.05 Å². The van der Waals surface area contributed by atoms with Crippen molar-refractivity contribution in [1.82, 2.24) is 9.55 Å². The number of aromatic nitrogens is 2. The lowest BCUT2D eigenvalue weighted by Gasteiger charge is -2.14. The Kier molecular flexibility index (Phi) is 6.35. The van der Waals surface area contributed by atoms with Crippen LogP contribution in [-0.2, 0) is 12.8 Å². The van der Waals surface area contributed by atoms with Crippen molar-refractivity contribution in [2.45, 2.75) is 37.2 Å². The maximum Gasteiger partial charge on any atom is 0.573 e. The molecule has 160 valence electrons. The molecule has 0 radical (unpaired) electrons. The van der Waals surface area contributed by atoms with Crippen LogP contribution in [0.3, 0.4) is 0 Å². The van der Waals surface area contributed by atoms with Gasteiger partial charge in [-0.15, -0.1) is 13.2 Å². The fourth-order valence-corrected chi connectivity index (χ4v) is 4.03. The van der Waals surface area contributed by atoms with E-state index in [4.69, 9.17) is 11.6 Å². The second kappa shape index (κ2) is 8.49. The van der Waals surface area contributed by atoms with Crippen molar-refractivity contribution < 1.29 is 23.0 Å². The second-order valence-corrected chi connectivity index (χ2v) is 8.14. The molecule has 1 unspecified atom stereocenters. The molecule has 0 saturated carbocycles. The number of ether oxygens (including phenoxy) is 1. The van der Waals surface area contributed by atoms with E-state index in [1.165, 1.54) is 28.5 Å². The van der Waals surface area contributed by atoms with Crippen molar-refractivity contribution in [1.29, 1.82) is 0 Å². The number of rotatable bonds is 5. The van der Waals surface area contributed by atoms with Gasteiger partial charge in [0.15, 0.2) is 5.16 Å². The molecule has 0 aliphatic carbocycles. The highest BCUT2D eigenvalue weighted by Crippen LogP contribution is 2.33. The van der Waals surface area contributed by atoms with Crippen LogP contribution in [-0.4, -0.2) is 21.0 Å². The van der Waals surface area contributed by atoms with Gasteiger partial charge in [-0.3, -0.25) is 9.36 Å². The molecule has 10 heteroatoms. The first-order valence-corrected chi connectivity index (χ1v) is 10.2. The molecule has 0 aliphatic heterocycles. The topological polar surface area (TPSA) is 64.4 Å². The molecule has 0 spiro atoms. The number of halogens is 4. The van der Waals surface area contributed by atoms with Gasteiger partial charge in [-0.2, -0.15) is 0 Å². The molecule has 3 aromatic rings. The van der Waals surface area contributed by atoms with Crippen LogP contribution in [0.2, 0.25) is 5.02 Å². The summed E-state index contributed by atoms with van der Waals surface area (Å²) in [6.07, 6.45) is -5.67. The van der Waals surface area contributed by atoms with E-state index < -0.39 is 18.2 Å². The number of aliphatic hydroxyl groups excluding tert-OH is 1. The zero-order valence-electron chi connectivity index (χ0n) is 16.2. The minimum Gasteiger partial charge on any atom is -0.404 e. The molecule has 0 amide bonds. The van der Waals surface area contributed by atoms with E-state index in [1.807, 2.05) is 6.92 Å². The highest BCUT2D eigenvalue weighted by Gasteiger charge is 2.32. The van der Waals surface area contributed by atoms with Crippen molar-refractivity contribution in [2.75, 3.05) is 0 Å². The molecule has 1 aromatic heterocycles. The van der Waals surface area contributed by atoms with Crippen LogP contribution in [0.5, 0.6) is 5.75 Å². The third-order valence-corrected chi connectivity index (χ3v) is 5.77. The van der Waals surface area contributed by atoms with Gasteiger partial charge in [-0.1, -0.05) is 35.5 Å². The lowest BCUT2D eigenvalue weighted by atomic mass is 10.0. The highest BCUT2D eigenvalue weighted by atomic mass is 35.5. The summed E-state index contributed by atoms with van der Waals surface area (Å²) < 4.78 is 42.9. The lowest BCUT2D eigenvalue weighted by molar-refractivity contribution is -0.274. The van der Waals surface area contributed by atoms with Gasteiger partial charge in [0.1, 0.15) is 5.75 Å². The van der Waals surface area contributed by atoms with E-state index in [9.17, 15) is 23.1 Å². The first-order chi connectivity index (χ1) is 14.0. The van der Waals surface area contributed by atoms with Gasteiger partial charge in [0.25, 0.3) is 5.56 Å². The maximum atomic E-state index is 12.8. The first kappa shape index (κ1) is 22.5. The molecule has 0 bridgehead atoms. The molecule has 2 aromatic carbocycles. The van der Waals surface area contributed by atoms with Crippen LogP contribution in [0.15, 0.2) is 40.3 Å². The van der Waals surface area contributed by atoms with Crippen LogP contribution < -0.4 is 10.3 Å². The van der Waals surface area contributed by atoms with Crippen molar-refractivity contribution in [3.8, 4) is 5.75 Å². The number of hydrogen-bond donors (Lipinski definition) is 1. The Hall–Kier alpha value is -2.23. The van der Waals surface area contributed by atoms with Crippen molar-refractivity contribution in [3.63, 3.8) is 0 Å². The molecule has 3 rings (SSSR count). The van der Waals surface area contributed by atoms with E-state index in [0.717, 1.165) is 5.56 Å². The molecule has 1 N–H and O–H groups in total. The Morgan fingerprint density at radius 2 is 2.00 bits per heavy atom. The molecule has 1 heterocycles. The predicted molar refractivity (Wildman–Crippen MR) is 110 cm³/mol.